The number of hydrogen-bond acceptors (Lipinski definition) is 6. The van der Waals surface area contributed by atoms with Crippen molar-refractivity contribution in [3.05, 3.63) is 82.5 Å². The van der Waals surface area contributed by atoms with Gasteiger partial charge in [0.15, 0.2) is 11.5 Å². The molecule has 0 aliphatic carbocycles. The number of imidazole rings is 1. The van der Waals surface area contributed by atoms with Crippen LogP contribution >= 0.6 is 0 Å². The second-order valence-corrected chi connectivity index (χ2v) is 7.41. The van der Waals surface area contributed by atoms with E-state index in [9.17, 15) is 9.18 Å². The maximum absolute atomic E-state index is 14.8. The first-order valence-electron chi connectivity index (χ1n) is 9.71. The quantitative estimate of drug-likeness (QED) is 0.473. The third kappa shape index (κ3) is 2.95. The second-order valence-electron chi connectivity index (χ2n) is 7.41. The van der Waals surface area contributed by atoms with E-state index < -0.39 is 11.9 Å². The average Bonchev–Trinajstić information content (AvgIpc) is 3.20. The summed E-state index contributed by atoms with van der Waals surface area (Å²) in [6.07, 6.45) is 2.91. The van der Waals surface area contributed by atoms with Crippen molar-refractivity contribution in [3.8, 4) is 11.1 Å². The van der Waals surface area contributed by atoms with Gasteiger partial charge in [-0.15, -0.1) is 0 Å². The van der Waals surface area contributed by atoms with Gasteiger partial charge < -0.3 is 14.7 Å². The predicted molar refractivity (Wildman–Crippen MR) is 116 cm³/mol. The minimum atomic E-state index is -0.521. The van der Waals surface area contributed by atoms with Crippen LogP contribution in [0.25, 0.3) is 33.3 Å². The number of benzene rings is 2. The van der Waals surface area contributed by atoms with Crippen LogP contribution in [0.5, 0.6) is 0 Å². The Bertz CT molecular complexity index is 1520. The van der Waals surface area contributed by atoms with Gasteiger partial charge in [-0.1, -0.05) is 29.8 Å². The van der Waals surface area contributed by atoms with E-state index >= 15 is 0 Å². The summed E-state index contributed by atoms with van der Waals surface area (Å²) >= 11 is 0. The predicted octanol–water partition coefficient (Wildman–Crippen LogP) is 4.24. The molecule has 5 rings (SSSR count). The molecule has 0 saturated heterocycles. The van der Waals surface area contributed by atoms with Crippen molar-refractivity contribution in [1.29, 1.82) is 0 Å². The summed E-state index contributed by atoms with van der Waals surface area (Å²) in [6.45, 7) is 3.72. The van der Waals surface area contributed by atoms with E-state index in [0.717, 1.165) is 5.56 Å². The Morgan fingerprint density at radius 2 is 1.94 bits per heavy atom. The molecule has 154 valence electrons. The molecule has 31 heavy (non-hydrogen) atoms. The molecular formula is C23H18FN5O2. The molecule has 2 N–H and O–H groups in total. The lowest BCUT2D eigenvalue weighted by Crippen LogP contribution is -2.15. The SMILES string of the molecule is Cc1ccc2oc(C(C)n3cnc4c(N)ncnc43)c(-c3ccccc3F)c(=O)c2c1. The van der Waals surface area contributed by atoms with Gasteiger partial charge in [0.2, 0.25) is 5.43 Å². The molecule has 3 heterocycles. The third-order valence-corrected chi connectivity index (χ3v) is 5.40. The highest BCUT2D eigenvalue weighted by Crippen LogP contribution is 2.33. The maximum atomic E-state index is 14.8. The molecule has 0 spiro atoms. The number of nitrogens with zero attached hydrogens (tertiary/aromatic N) is 4. The van der Waals surface area contributed by atoms with E-state index in [1.54, 1.807) is 41.2 Å². The maximum Gasteiger partial charge on any atom is 0.200 e. The van der Waals surface area contributed by atoms with Crippen molar-refractivity contribution in [2.45, 2.75) is 19.9 Å². The zero-order valence-corrected chi connectivity index (χ0v) is 16.8. The topological polar surface area (TPSA) is 99.8 Å². The smallest absolute Gasteiger partial charge is 0.200 e. The van der Waals surface area contributed by atoms with Gasteiger partial charge in [-0.25, -0.2) is 19.3 Å². The standard InChI is InChI=1S/C23H18FN5O2/c1-12-7-8-17-15(9-12)20(30)18(14-5-3-4-6-16(14)24)21(31-17)13(2)29-11-28-19-22(25)26-10-27-23(19)29/h3-11,13H,1-2H3,(H2,25,26,27). The molecule has 1 atom stereocenters. The number of aromatic nitrogens is 4. The highest BCUT2D eigenvalue weighted by molar-refractivity contribution is 5.84. The first kappa shape index (κ1) is 18.9. The first-order chi connectivity index (χ1) is 15.0. The van der Waals surface area contributed by atoms with Gasteiger partial charge in [-0.2, -0.15) is 0 Å². The molecular weight excluding hydrogens is 397 g/mol. The Balaban J connectivity index is 1.84. The zero-order chi connectivity index (χ0) is 21.7. The summed E-state index contributed by atoms with van der Waals surface area (Å²) in [5, 5.41) is 0.399. The fourth-order valence-electron chi connectivity index (χ4n) is 3.82. The van der Waals surface area contributed by atoms with Crippen LogP contribution in [0.4, 0.5) is 10.2 Å². The van der Waals surface area contributed by atoms with Crippen molar-refractivity contribution in [3.63, 3.8) is 0 Å². The van der Waals surface area contributed by atoms with Gasteiger partial charge in [0, 0.05) is 5.56 Å². The fraction of sp³-hybridized carbons (Fsp3) is 0.130. The third-order valence-electron chi connectivity index (χ3n) is 5.40. The van der Waals surface area contributed by atoms with Crippen LogP contribution in [0.2, 0.25) is 0 Å². The molecule has 5 aromatic rings. The highest BCUT2D eigenvalue weighted by atomic mass is 19.1. The molecule has 0 fully saturated rings. The van der Waals surface area contributed by atoms with E-state index in [2.05, 4.69) is 15.0 Å². The minimum absolute atomic E-state index is 0.174. The van der Waals surface area contributed by atoms with Crippen molar-refractivity contribution < 1.29 is 8.81 Å². The molecule has 0 radical (unpaired) electrons. The Kier molecular flexibility index (Phi) is 4.28. The zero-order valence-electron chi connectivity index (χ0n) is 16.8. The van der Waals surface area contributed by atoms with Crippen LogP contribution in [0.15, 0.2) is 64.3 Å². The van der Waals surface area contributed by atoms with Crippen molar-refractivity contribution >= 4 is 28.0 Å². The average molecular weight is 415 g/mol. The largest absolute Gasteiger partial charge is 0.458 e. The van der Waals surface area contributed by atoms with Crippen LogP contribution in [-0.4, -0.2) is 19.5 Å². The molecule has 3 aromatic heterocycles. The monoisotopic (exact) mass is 415 g/mol. The van der Waals surface area contributed by atoms with E-state index in [0.29, 0.717) is 27.9 Å². The Morgan fingerprint density at radius 3 is 2.74 bits per heavy atom. The molecule has 1 unspecified atom stereocenters. The Morgan fingerprint density at radius 1 is 1.13 bits per heavy atom. The second kappa shape index (κ2) is 7.02. The van der Waals surface area contributed by atoms with Crippen LogP contribution in [0.1, 0.15) is 24.3 Å². The molecule has 0 saturated carbocycles. The number of hydrogen-bond donors (Lipinski definition) is 1. The van der Waals surface area contributed by atoms with Gasteiger partial charge in [-0.3, -0.25) is 4.79 Å². The lowest BCUT2D eigenvalue weighted by atomic mass is 9.98. The summed E-state index contributed by atoms with van der Waals surface area (Å²) in [6, 6.07) is 11.0. The van der Waals surface area contributed by atoms with Gasteiger partial charge in [0.1, 0.15) is 29.0 Å². The first-order valence-corrected chi connectivity index (χ1v) is 9.71. The summed E-state index contributed by atoms with van der Waals surface area (Å²) in [7, 11) is 0. The molecule has 2 aromatic carbocycles. The number of nitrogens with two attached hydrogens (primary N) is 1. The summed E-state index contributed by atoms with van der Waals surface area (Å²) in [5.74, 6) is 0.0564. The van der Waals surface area contributed by atoms with E-state index in [1.807, 2.05) is 19.9 Å². The fourth-order valence-corrected chi connectivity index (χ4v) is 3.82. The van der Waals surface area contributed by atoms with Crippen molar-refractivity contribution in [2.75, 3.05) is 5.73 Å². The Hall–Kier alpha value is -4.07. The van der Waals surface area contributed by atoms with E-state index in [1.165, 1.54) is 12.4 Å². The van der Waals surface area contributed by atoms with Crippen molar-refractivity contribution in [2.24, 2.45) is 0 Å². The number of rotatable bonds is 3. The lowest BCUT2D eigenvalue weighted by molar-refractivity contribution is 0.467. The van der Waals surface area contributed by atoms with Gasteiger partial charge in [-0.05, 0) is 32.0 Å². The number of aryl methyl sites for hydroxylation is 1. The summed E-state index contributed by atoms with van der Waals surface area (Å²) in [5.41, 5.74) is 8.24. The molecule has 8 heteroatoms. The number of anilines is 1. The van der Waals surface area contributed by atoms with Crippen LogP contribution in [0, 0.1) is 12.7 Å². The summed E-state index contributed by atoms with van der Waals surface area (Å²) in [4.78, 5) is 26.1. The van der Waals surface area contributed by atoms with E-state index in [4.69, 9.17) is 10.2 Å². The van der Waals surface area contributed by atoms with Crippen LogP contribution in [0.3, 0.4) is 0 Å². The normalized spacial score (nSPS) is 12.5. The van der Waals surface area contributed by atoms with Gasteiger partial charge >= 0.3 is 0 Å². The molecule has 0 aliphatic rings. The summed E-state index contributed by atoms with van der Waals surface area (Å²) < 4.78 is 22.7. The van der Waals surface area contributed by atoms with E-state index in [-0.39, 0.29) is 22.4 Å². The molecule has 0 bridgehead atoms. The Labute approximate surface area is 176 Å². The van der Waals surface area contributed by atoms with Gasteiger partial charge in [0.25, 0.3) is 0 Å². The van der Waals surface area contributed by atoms with Crippen molar-refractivity contribution in [1.82, 2.24) is 19.5 Å². The number of fused-ring (bicyclic) bond motifs is 2. The molecule has 7 nitrogen and oxygen atoms in total. The molecule has 0 amide bonds. The minimum Gasteiger partial charge on any atom is -0.458 e. The van der Waals surface area contributed by atoms with Gasteiger partial charge in [0.05, 0.1) is 23.3 Å². The number of halogens is 1. The van der Waals surface area contributed by atoms with Crippen LogP contribution in [-0.2, 0) is 0 Å². The van der Waals surface area contributed by atoms with Crippen LogP contribution < -0.4 is 11.2 Å². The number of nitrogen functional groups attached to an aromatic ring is 1. The highest BCUT2D eigenvalue weighted by Gasteiger charge is 2.25. The molecule has 0 aliphatic heterocycles. The lowest BCUT2D eigenvalue weighted by Gasteiger charge is -2.18.